The first kappa shape index (κ1) is 16.8. The van der Waals surface area contributed by atoms with Crippen molar-refractivity contribution in [2.24, 2.45) is 0 Å². The molecule has 0 aliphatic rings. The lowest BCUT2D eigenvalue weighted by atomic mass is 10.0. The van der Waals surface area contributed by atoms with Crippen molar-refractivity contribution in [2.45, 2.75) is 0 Å². The number of carbonyl (C=O) groups excluding carboxylic acids is 1. The fourth-order valence-electron chi connectivity index (χ4n) is 1.58. The SMILES string of the molecule is COc1ccccc1C(=O)c1ccccc1.O=S(=O)(O)O. The van der Waals surface area contributed by atoms with Gasteiger partial charge in [0.1, 0.15) is 5.75 Å². The molecule has 0 aromatic heterocycles. The van der Waals surface area contributed by atoms with Crippen LogP contribution in [-0.4, -0.2) is 30.4 Å². The molecule has 0 aliphatic carbocycles. The van der Waals surface area contributed by atoms with E-state index in [0.29, 0.717) is 16.9 Å². The van der Waals surface area contributed by atoms with Crippen molar-refractivity contribution in [3.05, 3.63) is 65.7 Å². The molecule has 0 aliphatic heterocycles. The summed E-state index contributed by atoms with van der Waals surface area (Å²) in [7, 11) is -3.10. The van der Waals surface area contributed by atoms with Gasteiger partial charge in [-0.3, -0.25) is 13.9 Å². The van der Waals surface area contributed by atoms with Gasteiger partial charge in [-0.2, -0.15) is 8.42 Å². The Labute approximate surface area is 122 Å². The summed E-state index contributed by atoms with van der Waals surface area (Å²) in [6.07, 6.45) is 0. The number of para-hydroxylation sites is 1. The van der Waals surface area contributed by atoms with Gasteiger partial charge in [0, 0.05) is 5.56 Å². The van der Waals surface area contributed by atoms with Crippen LogP contribution in [0.15, 0.2) is 54.6 Å². The first-order valence-electron chi connectivity index (χ1n) is 5.75. The predicted octanol–water partition coefficient (Wildman–Crippen LogP) is 2.27. The van der Waals surface area contributed by atoms with Gasteiger partial charge < -0.3 is 4.74 Å². The fraction of sp³-hybridized carbons (Fsp3) is 0.0714. The highest BCUT2D eigenvalue weighted by Gasteiger charge is 2.12. The monoisotopic (exact) mass is 310 g/mol. The molecule has 2 aromatic rings. The van der Waals surface area contributed by atoms with Gasteiger partial charge in [0.2, 0.25) is 0 Å². The number of carbonyl (C=O) groups is 1. The van der Waals surface area contributed by atoms with Crippen molar-refractivity contribution in [1.82, 2.24) is 0 Å². The Morgan fingerprint density at radius 1 is 0.952 bits per heavy atom. The van der Waals surface area contributed by atoms with E-state index >= 15 is 0 Å². The second-order valence-corrected chi connectivity index (χ2v) is 4.74. The molecule has 0 amide bonds. The summed E-state index contributed by atoms with van der Waals surface area (Å²) in [4.78, 5) is 12.1. The normalized spacial score (nSPS) is 10.2. The van der Waals surface area contributed by atoms with Crippen molar-refractivity contribution in [2.75, 3.05) is 7.11 Å². The number of hydrogen-bond acceptors (Lipinski definition) is 4. The third kappa shape index (κ3) is 6.17. The lowest BCUT2D eigenvalue weighted by Gasteiger charge is -2.06. The van der Waals surface area contributed by atoms with E-state index in [9.17, 15) is 4.79 Å². The Bertz CT molecular complexity index is 686. The van der Waals surface area contributed by atoms with Crippen LogP contribution in [0.3, 0.4) is 0 Å². The third-order valence-electron chi connectivity index (χ3n) is 2.39. The fourth-order valence-corrected chi connectivity index (χ4v) is 1.58. The zero-order valence-corrected chi connectivity index (χ0v) is 11.9. The van der Waals surface area contributed by atoms with E-state index in [0.717, 1.165) is 0 Å². The van der Waals surface area contributed by atoms with Crippen LogP contribution in [0.1, 0.15) is 15.9 Å². The predicted molar refractivity (Wildman–Crippen MR) is 77.0 cm³/mol. The van der Waals surface area contributed by atoms with Gasteiger partial charge in [0.05, 0.1) is 12.7 Å². The first-order valence-corrected chi connectivity index (χ1v) is 7.15. The van der Waals surface area contributed by atoms with Crippen LogP contribution in [0.4, 0.5) is 0 Å². The van der Waals surface area contributed by atoms with E-state index in [1.807, 2.05) is 30.3 Å². The van der Waals surface area contributed by atoms with Gasteiger partial charge in [-0.15, -0.1) is 0 Å². The van der Waals surface area contributed by atoms with Gasteiger partial charge in [0.25, 0.3) is 0 Å². The van der Waals surface area contributed by atoms with Crippen molar-refractivity contribution in [3.8, 4) is 5.75 Å². The van der Waals surface area contributed by atoms with Crippen molar-refractivity contribution < 1.29 is 27.1 Å². The van der Waals surface area contributed by atoms with Crippen LogP contribution in [0.2, 0.25) is 0 Å². The zero-order valence-electron chi connectivity index (χ0n) is 11.1. The molecule has 0 radical (unpaired) electrons. The minimum atomic E-state index is -4.67. The topological polar surface area (TPSA) is 101 Å². The molecule has 0 unspecified atom stereocenters. The summed E-state index contributed by atoms with van der Waals surface area (Å²) in [6.45, 7) is 0. The highest BCUT2D eigenvalue weighted by molar-refractivity contribution is 7.79. The van der Waals surface area contributed by atoms with Crippen LogP contribution in [0.25, 0.3) is 0 Å². The van der Waals surface area contributed by atoms with E-state index in [-0.39, 0.29) is 5.78 Å². The Morgan fingerprint density at radius 3 is 1.95 bits per heavy atom. The Hall–Kier alpha value is -2.22. The Morgan fingerprint density at radius 2 is 1.43 bits per heavy atom. The highest BCUT2D eigenvalue weighted by atomic mass is 32.3. The molecule has 0 fully saturated rings. The van der Waals surface area contributed by atoms with Crippen LogP contribution >= 0.6 is 0 Å². The van der Waals surface area contributed by atoms with Gasteiger partial charge in [-0.1, -0.05) is 42.5 Å². The largest absolute Gasteiger partial charge is 0.496 e. The van der Waals surface area contributed by atoms with Gasteiger partial charge in [0.15, 0.2) is 5.78 Å². The zero-order chi connectivity index (χ0) is 15.9. The molecular formula is C14H14O6S. The van der Waals surface area contributed by atoms with Crippen molar-refractivity contribution in [1.29, 1.82) is 0 Å². The van der Waals surface area contributed by atoms with E-state index in [2.05, 4.69) is 0 Å². The Balaban J connectivity index is 0.000000383. The Kier molecular flexibility index (Phi) is 6.04. The van der Waals surface area contributed by atoms with Crippen molar-refractivity contribution >= 4 is 16.2 Å². The molecule has 0 atom stereocenters. The summed E-state index contributed by atoms with van der Waals surface area (Å²) in [5.74, 6) is 0.592. The molecule has 0 spiro atoms. The summed E-state index contributed by atoms with van der Waals surface area (Å²) in [5.41, 5.74) is 1.27. The van der Waals surface area contributed by atoms with E-state index < -0.39 is 10.4 Å². The molecule has 2 N–H and O–H groups in total. The number of benzene rings is 2. The van der Waals surface area contributed by atoms with Crippen LogP contribution < -0.4 is 4.74 Å². The average Bonchev–Trinajstić information content (AvgIpc) is 2.45. The van der Waals surface area contributed by atoms with E-state index in [1.165, 1.54) is 0 Å². The minimum Gasteiger partial charge on any atom is -0.496 e. The second kappa shape index (κ2) is 7.53. The molecule has 2 aromatic carbocycles. The third-order valence-corrected chi connectivity index (χ3v) is 2.39. The minimum absolute atomic E-state index is 0.0157. The summed E-state index contributed by atoms with van der Waals surface area (Å²) < 4.78 is 36.8. The highest BCUT2D eigenvalue weighted by Crippen LogP contribution is 2.20. The van der Waals surface area contributed by atoms with Crippen LogP contribution in [0.5, 0.6) is 5.75 Å². The second-order valence-electron chi connectivity index (χ2n) is 3.84. The van der Waals surface area contributed by atoms with Crippen molar-refractivity contribution in [3.63, 3.8) is 0 Å². The quantitative estimate of drug-likeness (QED) is 0.666. The molecule has 2 rings (SSSR count). The summed E-state index contributed by atoms with van der Waals surface area (Å²) in [5, 5.41) is 0. The maximum Gasteiger partial charge on any atom is 0.394 e. The first-order chi connectivity index (χ1) is 9.83. The summed E-state index contributed by atoms with van der Waals surface area (Å²) in [6, 6.07) is 16.4. The maximum atomic E-state index is 12.1. The maximum absolute atomic E-state index is 12.1. The van der Waals surface area contributed by atoms with Gasteiger partial charge >= 0.3 is 10.4 Å². The molecule has 112 valence electrons. The van der Waals surface area contributed by atoms with Gasteiger partial charge in [-0.25, -0.2) is 0 Å². The van der Waals surface area contributed by atoms with E-state index in [1.54, 1.807) is 31.4 Å². The molecule has 0 heterocycles. The number of methoxy groups -OCH3 is 1. The van der Waals surface area contributed by atoms with Crippen LogP contribution in [-0.2, 0) is 10.4 Å². The molecular weight excluding hydrogens is 296 g/mol. The number of rotatable bonds is 3. The number of hydrogen-bond donors (Lipinski definition) is 2. The molecule has 0 saturated carbocycles. The molecule has 0 saturated heterocycles. The lowest BCUT2D eigenvalue weighted by Crippen LogP contribution is -2.03. The average molecular weight is 310 g/mol. The number of ether oxygens (including phenoxy) is 1. The van der Waals surface area contributed by atoms with Gasteiger partial charge in [-0.05, 0) is 12.1 Å². The number of ketones is 1. The van der Waals surface area contributed by atoms with E-state index in [4.69, 9.17) is 22.3 Å². The van der Waals surface area contributed by atoms with Crippen LogP contribution in [0, 0.1) is 0 Å². The molecule has 21 heavy (non-hydrogen) atoms. The molecule has 7 heteroatoms. The lowest BCUT2D eigenvalue weighted by molar-refractivity contribution is 0.103. The molecule has 6 nitrogen and oxygen atoms in total. The smallest absolute Gasteiger partial charge is 0.394 e. The standard InChI is InChI=1S/C14H12O2.H2O4S/c1-16-13-10-6-5-9-12(13)14(15)11-7-3-2-4-8-11;1-5(2,3)4/h2-10H,1H3;(H2,1,2,3,4). The molecule has 0 bridgehead atoms. The summed E-state index contributed by atoms with van der Waals surface area (Å²) >= 11 is 0.